The van der Waals surface area contributed by atoms with Crippen LogP contribution in [0.2, 0.25) is 0 Å². The molecule has 1 saturated heterocycles. The highest BCUT2D eigenvalue weighted by molar-refractivity contribution is 14.1. The second-order valence-corrected chi connectivity index (χ2v) is 11.6. The summed E-state index contributed by atoms with van der Waals surface area (Å²) in [5, 5.41) is 9.38. The Balaban J connectivity index is 1.48. The summed E-state index contributed by atoms with van der Waals surface area (Å²) >= 11 is 2.18. The van der Waals surface area contributed by atoms with Crippen LogP contribution in [0.4, 0.5) is 5.69 Å². The maximum absolute atomic E-state index is 13.9. The van der Waals surface area contributed by atoms with Crippen molar-refractivity contribution in [3.05, 3.63) is 92.1 Å². The molecule has 4 unspecified atom stereocenters. The molecule has 0 aromatic heterocycles. The molecule has 2 aromatic carbocycles. The molecule has 4 atom stereocenters. The summed E-state index contributed by atoms with van der Waals surface area (Å²) in [4.78, 5) is 55.7. The van der Waals surface area contributed by atoms with E-state index in [0.29, 0.717) is 40.1 Å². The van der Waals surface area contributed by atoms with Crippen molar-refractivity contribution < 1.29 is 29.0 Å². The number of imide groups is 1. The van der Waals surface area contributed by atoms with Crippen LogP contribution in [0, 0.1) is 21.3 Å². The number of amides is 2. The molecule has 0 radical (unpaired) electrons. The molecule has 1 aliphatic heterocycles. The predicted molar refractivity (Wildman–Crippen MR) is 152 cm³/mol. The van der Waals surface area contributed by atoms with Crippen LogP contribution in [0.25, 0.3) is 0 Å². The predicted octanol–water partition coefficient (Wildman–Crippen LogP) is 4.30. The van der Waals surface area contributed by atoms with E-state index >= 15 is 0 Å². The fourth-order valence-corrected chi connectivity index (χ4v) is 6.93. The Morgan fingerprint density at radius 1 is 1.00 bits per heavy atom. The van der Waals surface area contributed by atoms with Crippen LogP contribution in [0.1, 0.15) is 31.2 Å². The van der Waals surface area contributed by atoms with Crippen molar-refractivity contribution in [2.45, 2.75) is 25.7 Å². The van der Waals surface area contributed by atoms with E-state index in [1.165, 1.54) is 11.0 Å². The monoisotopic (exact) mass is 635 g/mol. The molecule has 1 fully saturated rings. The Kier molecular flexibility index (Phi) is 6.63. The number of fused-ring (bicyclic) bond motifs is 3. The number of nitrogens with zero attached hydrogens (tertiary/aromatic N) is 1. The fraction of sp³-hybridized carbons (Fsp3) is 0.290. The van der Waals surface area contributed by atoms with E-state index in [1.807, 2.05) is 36.4 Å². The van der Waals surface area contributed by atoms with E-state index in [9.17, 15) is 24.3 Å². The number of anilines is 1. The maximum Gasteiger partial charge on any atom is 0.238 e. The van der Waals surface area contributed by atoms with E-state index in [1.54, 1.807) is 25.1 Å². The lowest BCUT2D eigenvalue weighted by atomic mass is 9.59. The Hall–Kier alpha value is -3.37. The highest BCUT2D eigenvalue weighted by Crippen LogP contribution is 2.56. The molecule has 2 amide bonds. The molecule has 7 nitrogen and oxygen atoms in total. The summed E-state index contributed by atoms with van der Waals surface area (Å²) in [6.07, 6.45) is 3.97. The highest BCUT2D eigenvalue weighted by atomic mass is 127. The first-order chi connectivity index (χ1) is 18.8. The Morgan fingerprint density at radius 3 is 2.49 bits per heavy atom. The van der Waals surface area contributed by atoms with Crippen molar-refractivity contribution in [2.24, 2.45) is 17.8 Å². The number of carbonyl (C=O) groups excluding carboxylic acids is 4. The lowest BCUT2D eigenvalue weighted by molar-refractivity contribution is -0.123. The molecule has 198 valence electrons. The molecule has 39 heavy (non-hydrogen) atoms. The second kappa shape index (κ2) is 9.98. The summed E-state index contributed by atoms with van der Waals surface area (Å²) in [5.41, 5.74) is 3.32. The summed E-state index contributed by atoms with van der Waals surface area (Å²) in [6.45, 7) is 1.55. The molecule has 0 saturated carbocycles. The number of rotatable bonds is 5. The second-order valence-electron chi connectivity index (χ2n) is 10.3. The quantitative estimate of drug-likeness (QED) is 0.228. The number of ether oxygens (including phenoxy) is 1. The first kappa shape index (κ1) is 25.9. The van der Waals surface area contributed by atoms with Gasteiger partial charge in [-0.2, -0.15) is 0 Å². The van der Waals surface area contributed by atoms with Crippen LogP contribution < -0.4 is 9.64 Å². The summed E-state index contributed by atoms with van der Waals surface area (Å²) in [5.74, 6) is -2.57. The van der Waals surface area contributed by atoms with Gasteiger partial charge in [0.1, 0.15) is 12.4 Å². The zero-order valence-electron chi connectivity index (χ0n) is 21.2. The lowest BCUT2D eigenvalue weighted by Gasteiger charge is -2.42. The van der Waals surface area contributed by atoms with Gasteiger partial charge in [0.05, 0.1) is 24.1 Å². The van der Waals surface area contributed by atoms with E-state index < -0.39 is 23.7 Å². The first-order valence-electron chi connectivity index (χ1n) is 13.0. The van der Waals surface area contributed by atoms with Crippen LogP contribution >= 0.6 is 22.6 Å². The summed E-state index contributed by atoms with van der Waals surface area (Å²) in [6, 6.07) is 14.6. The lowest BCUT2D eigenvalue weighted by Crippen LogP contribution is -2.40. The average molecular weight is 635 g/mol. The van der Waals surface area contributed by atoms with Crippen molar-refractivity contribution in [1.82, 2.24) is 0 Å². The minimum absolute atomic E-state index is 0.0760. The third-order valence-electron chi connectivity index (χ3n) is 8.23. The fourth-order valence-electron chi connectivity index (χ4n) is 6.57. The first-order valence-corrected chi connectivity index (χ1v) is 14.1. The number of benzene rings is 2. The molecule has 3 aliphatic carbocycles. The maximum atomic E-state index is 13.9. The molecule has 8 heteroatoms. The highest BCUT2D eigenvalue weighted by Gasteiger charge is 2.56. The number of para-hydroxylation sites is 1. The van der Waals surface area contributed by atoms with Crippen molar-refractivity contribution in [3.8, 4) is 5.75 Å². The van der Waals surface area contributed by atoms with Crippen LogP contribution in [0.5, 0.6) is 5.75 Å². The number of allylic oxidation sites excluding steroid dienone is 6. The molecule has 4 aliphatic rings. The van der Waals surface area contributed by atoms with Crippen molar-refractivity contribution >= 4 is 51.7 Å². The smallest absolute Gasteiger partial charge is 0.238 e. The molecule has 1 heterocycles. The van der Waals surface area contributed by atoms with Gasteiger partial charge in [-0.05, 0) is 84.7 Å². The summed E-state index contributed by atoms with van der Waals surface area (Å²) in [7, 11) is 0. The normalized spacial score (nSPS) is 26.2. The van der Waals surface area contributed by atoms with Crippen molar-refractivity contribution in [3.63, 3.8) is 0 Å². The SMILES string of the molecule is CC1=CC(=O)C2=C(C1=O)C(c1ccccc1OCCO)C1=CCC3C(=O)N(c4ccc(I)cc4)C(=O)C3C1C2. The standard InChI is InChI=1S/C31H26INO6/c1-16-14-24(35)23-15-22-19(26(28(23)29(16)36)20-4-2-3-5-25(20)39-13-12-34)10-11-21-27(22)31(38)33(30(21)37)18-8-6-17(32)7-9-18/h2-10,14,21-22,26-27,34H,11-13,15H2,1H3. The van der Waals surface area contributed by atoms with Crippen molar-refractivity contribution in [1.29, 1.82) is 0 Å². The van der Waals surface area contributed by atoms with Gasteiger partial charge in [0, 0.05) is 31.8 Å². The van der Waals surface area contributed by atoms with Gasteiger partial charge in [0.2, 0.25) is 11.8 Å². The van der Waals surface area contributed by atoms with Gasteiger partial charge < -0.3 is 9.84 Å². The zero-order valence-corrected chi connectivity index (χ0v) is 23.4. The van der Waals surface area contributed by atoms with Gasteiger partial charge in [-0.1, -0.05) is 29.8 Å². The van der Waals surface area contributed by atoms with E-state index in [-0.39, 0.29) is 43.0 Å². The Bertz CT molecular complexity index is 1520. The van der Waals surface area contributed by atoms with Crippen molar-refractivity contribution in [2.75, 3.05) is 18.1 Å². The van der Waals surface area contributed by atoms with Crippen LogP contribution in [0.15, 0.2) is 83.0 Å². The molecule has 2 aromatic rings. The van der Waals surface area contributed by atoms with E-state index in [4.69, 9.17) is 4.74 Å². The number of aliphatic hydroxyl groups is 1. The van der Waals surface area contributed by atoms with Gasteiger partial charge in [0.25, 0.3) is 0 Å². The number of ketones is 2. The minimum Gasteiger partial charge on any atom is -0.491 e. The van der Waals surface area contributed by atoms with Crippen LogP contribution in [-0.4, -0.2) is 41.7 Å². The topological polar surface area (TPSA) is 101 Å². The number of hydrogen-bond donors (Lipinski definition) is 1. The number of Topliss-reactive ketones (excluding diaryl/α,β-unsaturated/α-hetero) is 1. The van der Waals surface area contributed by atoms with E-state index in [2.05, 4.69) is 22.6 Å². The third-order valence-corrected chi connectivity index (χ3v) is 8.95. The molecule has 0 spiro atoms. The summed E-state index contributed by atoms with van der Waals surface area (Å²) < 4.78 is 6.85. The Labute approximate surface area is 239 Å². The van der Waals surface area contributed by atoms with E-state index in [0.717, 1.165) is 9.14 Å². The van der Waals surface area contributed by atoms with Gasteiger partial charge in [-0.25, -0.2) is 0 Å². The van der Waals surface area contributed by atoms with Crippen LogP contribution in [-0.2, 0) is 19.2 Å². The van der Waals surface area contributed by atoms with Gasteiger partial charge in [-0.15, -0.1) is 0 Å². The largest absolute Gasteiger partial charge is 0.491 e. The molecular weight excluding hydrogens is 609 g/mol. The minimum atomic E-state index is -0.631. The average Bonchev–Trinajstić information content (AvgIpc) is 3.20. The van der Waals surface area contributed by atoms with Gasteiger partial charge in [0.15, 0.2) is 11.6 Å². The zero-order chi connectivity index (χ0) is 27.4. The molecular formula is C31H26INO6. The van der Waals surface area contributed by atoms with Gasteiger partial charge >= 0.3 is 0 Å². The number of aliphatic hydroxyl groups excluding tert-OH is 1. The molecule has 0 bridgehead atoms. The van der Waals surface area contributed by atoms with Gasteiger partial charge in [-0.3, -0.25) is 24.1 Å². The van der Waals surface area contributed by atoms with Crippen LogP contribution in [0.3, 0.4) is 0 Å². The number of carbonyl (C=O) groups is 4. The third kappa shape index (κ3) is 4.12. The molecule has 6 rings (SSSR count). The number of halogens is 1. The Morgan fingerprint density at radius 2 is 1.74 bits per heavy atom. The molecule has 1 N–H and O–H groups in total. The number of hydrogen-bond acceptors (Lipinski definition) is 6.